The summed E-state index contributed by atoms with van der Waals surface area (Å²) in [7, 11) is -4.59. The van der Waals surface area contributed by atoms with E-state index in [9.17, 15) is 31.2 Å². The third kappa shape index (κ3) is 8.15. The molecule has 0 aromatic heterocycles. The zero-order valence-electron chi connectivity index (χ0n) is 22.3. The first kappa shape index (κ1) is 32.2. The molecule has 0 unspecified atom stereocenters. The first-order valence-electron chi connectivity index (χ1n) is 12.4. The SMILES string of the molecule is CC(C)NC(=O)[C@H](C)N(Cc1ccc(Cl)cc1)C(=O)CN(c1cc(C(F)(F)F)ccc1Cl)S(=O)(=O)c1ccccc1. The highest BCUT2D eigenvalue weighted by molar-refractivity contribution is 7.92. The van der Waals surface area contributed by atoms with Crippen molar-refractivity contribution in [1.82, 2.24) is 10.2 Å². The van der Waals surface area contributed by atoms with E-state index in [0.717, 1.165) is 11.0 Å². The predicted molar refractivity (Wildman–Crippen MR) is 152 cm³/mol. The van der Waals surface area contributed by atoms with Crippen LogP contribution in [0.1, 0.15) is 31.9 Å². The van der Waals surface area contributed by atoms with Crippen LogP contribution in [-0.4, -0.2) is 43.8 Å². The molecule has 220 valence electrons. The molecule has 0 radical (unpaired) electrons. The van der Waals surface area contributed by atoms with Gasteiger partial charge in [0.2, 0.25) is 11.8 Å². The maximum absolute atomic E-state index is 13.8. The highest BCUT2D eigenvalue weighted by atomic mass is 35.5. The van der Waals surface area contributed by atoms with Gasteiger partial charge in [-0.05, 0) is 68.8 Å². The number of carbonyl (C=O) groups is 2. The van der Waals surface area contributed by atoms with Crippen LogP contribution in [0.15, 0.2) is 77.7 Å². The minimum absolute atomic E-state index is 0.113. The lowest BCUT2D eigenvalue weighted by Gasteiger charge is -2.32. The van der Waals surface area contributed by atoms with E-state index in [-0.39, 0.29) is 22.5 Å². The Hall–Kier alpha value is -3.28. The Morgan fingerprint density at radius 2 is 1.54 bits per heavy atom. The molecule has 0 aliphatic carbocycles. The molecule has 1 N–H and O–H groups in total. The van der Waals surface area contributed by atoms with Gasteiger partial charge in [0.15, 0.2) is 0 Å². The van der Waals surface area contributed by atoms with Crippen molar-refractivity contribution < 1.29 is 31.2 Å². The second kappa shape index (κ2) is 13.1. The van der Waals surface area contributed by atoms with Gasteiger partial charge in [-0.25, -0.2) is 8.42 Å². The lowest BCUT2D eigenvalue weighted by atomic mass is 10.1. The second-order valence-electron chi connectivity index (χ2n) is 9.48. The Morgan fingerprint density at radius 3 is 2.10 bits per heavy atom. The lowest BCUT2D eigenvalue weighted by molar-refractivity contribution is -0.139. The molecule has 0 aliphatic rings. The number of alkyl halides is 3. The Labute approximate surface area is 246 Å². The third-order valence-corrected chi connectivity index (χ3v) is 8.36. The molecular formula is C28H28Cl2F3N3O4S. The minimum Gasteiger partial charge on any atom is -0.352 e. The fourth-order valence-corrected chi connectivity index (χ4v) is 5.73. The fraction of sp³-hybridized carbons (Fsp3) is 0.286. The molecule has 0 spiro atoms. The highest BCUT2D eigenvalue weighted by Crippen LogP contribution is 2.37. The predicted octanol–water partition coefficient (Wildman–Crippen LogP) is 6.15. The molecule has 0 saturated carbocycles. The maximum Gasteiger partial charge on any atom is 0.416 e. The Bertz CT molecular complexity index is 1490. The number of hydrogen-bond acceptors (Lipinski definition) is 4. The summed E-state index contributed by atoms with van der Waals surface area (Å²) in [6.45, 7) is 3.89. The van der Waals surface area contributed by atoms with Crippen LogP contribution in [0, 0.1) is 0 Å². The highest BCUT2D eigenvalue weighted by Gasteiger charge is 2.36. The molecule has 7 nitrogen and oxygen atoms in total. The molecule has 0 fully saturated rings. The van der Waals surface area contributed by atoms with Crippen molar-refractivity contribution in [2.24, 2.45) is 0 Å². The van der Waals surface area contributed by atoms with E-state index in [4.69, 9.17) is 23.2 Å². The molecule has 0 bridgehead atoms. The summed E-state index contributed by atoms with van der Waals surface area (Å²) in [5.41, 5.74) is -1.11. The van der Waals surface area contributed by atoms with Gasteiger partial charge >= 0.3 is 6.18 Å². The Kier molecular flexibility index (Phi) is 10.3. The molecule has 0 heterocycles. The monoisotopic (exact) mass is 629 g/mol. The van der Waals surface area contributed by atoms with Crippen LogP contribution in [-0.2, 0) is 32.3 Å². The van der Waals surface area contributed by atoms with Gasteiger partial charge in [0, 0.05) is 17.6 Å². The van der Waals surface area contributed by atoms with E-state index in [0.29, 0.717) is 27.0 Å². The van der Waals surface area contributed by atoms with Crippen molar-refractivity contribution in [2.45, 2.75) is 50.5 Å². The third-order valence-electron chi connectivity index (χ3n) is 6.02. The van der Waals surface area contributed by atoms with Crippen molar-refractivity contribution in [1.29, 1.82) is 0 Å². The average molecular weight is 631 g/mol. The van der Waals surface area contributed by atoms with E-state index in [2.05, 4.69) is 5.32 Å². The molecule has 41 heavy (non-hydrogen) atoms. The number of nitrogens with one attached hydrogen (secondary N) is 1. The average Bonchev–Trinajstić information content (AvgIpc) is 2.90. The van der Waals surface area contributed by atoms with Crippen molar-refractivity contribution >= 4 is 50.7 Å². The van der Waals surface area contributed by atoms with Crippen LogP contribution >= 0.6 is 23.2 Å². The summed E-state index contributed by atoms with van der Waals surface area (Å²) in [6.07, 6.45) is -4.81. The van der Waals surface area contributed by atoms with Gasteiger partial charge in [-0.1, -0.05) is 53.5 Å². The fourth-order valence-electron chi connectivity index (χ4n) is 3.89. The summed E-state index contributed by atoms with van der Waals surface area (Å²) < 4.78 is 68.9. The van der Waals surface area contributed by atoms with E-state index >= 15 is 0 Å². The number of carbonyl (C=O) groups excluding carboxylic acids is 2. The standard InChI is InChI=1S/C28H28Cl2F3N3O4S/c1-18(2)34-27(38)19(3)35(16-20-9-12-22(29)13-10-20)26(37)17-36(41(39,40)23-7-5-4-6-8-23)25-15-21(28(31,32)33)11-14-24(25)30/h4-15,18-19H,16-17H2,1-3H3,(H,34,38)/t19-/m0/s1. The van der Waals surface area contributed by atoms with Crippen LogP contribution < -0.4 is 9.62 Å². The number of sulfonamides is 1. The summed E-state index contributed by atoms with van der Waals surface area (Å²) >= 11 is 12.2. The summed E-state index contributed by atoms with van der Waals surface area (Å²) in [5.74, 6) is -1.35. The first-order chi connectivity index (χ1) is 19.1. The molecule has 2 amide bonds. The van der Waals surface area contributed by atoms with Gasteiger partial charge in [-0.15, -0.1) is 0 Å². The summed E-state index contributed by atoms with van der Waals surface area (Å²) in [5, 5.41) is 2.84. The zero-order chi connectivity index (χ0) is 30.5. The number of amides is 2. The van der Waals surface area contributed by atoms with Crippen molar-refractivity contribution in [3.8, 4) is 0 Å². The molecule has 0 saturated heterocycles. The number of hydrogen-bond donors (Lipinski definition) is 1. The van der Waals surface area contributed by atoms with Crippen molar-refractivity contribution in [3.63, 3.8) is 0 Å². The number of halogens is 5. The molecular weight excluding hydrogens is 602 g/mol. The minimum atomic E-state index is -4.81. The normalized spacial score (nSPS) is 12.6. The van der Waals surface area contributed by atoms with E-state index in [1.807, 2.05) is 0 Å². The van der Waals surface area contributed by atoms with Gasteiger partial charge in [0.25, 0.3) is 10.0 Å². The second-order valence-corrected chi connectivity index (χ2v) is 12.2. The molecule has 3 aromatic rings. The van der Waals surface area contributed by atoms with Crippen LogP contribution in [0.4, 0.5) is 18.9 Å². The first-order valence-corrected chi connectivity index (χ1v) is 14.6. The van der Waals surface area contributed by atoms with Gasteiger partial charge < -0.3 is 10.2 Å². The van der Waals surface area contributed by atoms with E-state index < -0.39 is 51.9 Å². The quantitative estimate of drug-likeness (QED) is 0.291. The van der Waals surface area contributed by atoms with Gasteiger partial charge in [-0.2, -0.15) is 13.2 Å². The van der Waals surface area contributed by atoms with Gasteiger partial charge in [-0.3, -0.25) is 13.9 Å². The van der Waals surface area contributed by atoms with Crippen molar-refractivity contribution in [3.05, 3.63) is 94.0 Å². The number of anilines is 1. The van der Waals surface area contributed by atoms with E-state index in [1.54, 1.807) is 44.2 Å². The molecule has 1 atom stereocenters. The number of rotatable bonds is 10. The topological polar surface area (TPSA) is 86.8 Å². The molecule has 3 aromatic carbocycles. The van der Waals surface area contributed by atoms with E-state index in [1.165, 1.54) is 31.2 Å². The van der Waals surface area contributed by atoms with Crippen LogP contribution in [0.3, 0.4) is 0 Å². The van der Waals surface area contributed by atoms with Crippen LogP contribution in [0.5, 0.6) is 0 Å². The smallest absolute Gasteiger partial charge is 0.352 e. The lowest BCUT2D eigenvalue weighted by Crippen LogP contribution is -2.52. The maximum atomic E-state index is 13.8. The van der Waals surface area contributed by atoms with Gasteiger partial charge in [0.1, 0.15) is 12.6 Å². The van der Waals surface area contributed by atoms with Crippen molar-refractivity contribution in [2.75, 3.05) is 10.8 Å². The Balaban J connectivity index is 2.12. The number of benzene rings is 3. The van der Waals surface area contributed by atoms with Crippen LogP contribution in [0.25, 0.3) is 0 Å². The van der Waals surface area contributed by atoms with Gasteiger partial charge in [0.05, 0.1) is 21.2 Å². The molecule has 0 aliphatic heterocycles. The Morgan fingerprint density at radius 1 is 0.927 bits per heavy atom. The molecule has 3 rings (SSSR count). The zero-order valence-corrected chi connectivity index (χ0v) is 24.7. The largest absolute Gasteiger partial charge is 0.416 e. The van der Waals surface area contributed by atoms with Crippen LogP contribution in [0.2, 0.25) is 10.0 Å². The summed E-state index contributed by atoms with van der Waals surface area (Å²) in [4.78, 5) is 27.7. The summed E-state index contributed by atoms with van der Waals surface area (Å²) in [6, 6.07) is 14.3. The number of nitrogens with zero attached hydrogens (tertiary/aromatic N) is 2. The molecule has 13 heteroatoms.